The van der Waals surface area contributed by atoms with Crippen LogP contribution in [-0.2, 0) is 6.42 Å². The van der Waals surface area contributed by atoms with Crippen LogP contribution in [0.15, 0.2) is 30.3 Å². The molecule has 1 heterocycles. The van der Waals surface area contributed by atoms with Gasteiger partial charge >= 0.3 is 0 Å². The molecule has 0 aliphatic heterocycles. The number of hydrogen-bond acceptors (Lipinski definition) is 3. The maximum atomic E-state index is 13.1. The Kier molecular flexibility index (Phi) is 3.96. The lowest BCUT2D eigenvalue weighted by atomic mass is 10.1. The number of aromatic amines is 1. The van der Waals surface area contributed by atoms with Crippen molar-refractivity contribution < 1.29 is 18.0 Å². The van der Waals surface area contributed by atoms with Gasteiger partial charge in [0.05, 0.1) is 5.56 Å². The van der Waals surface area contributed by atoms with Gasteiger partial charge in [-0.2, -0.15) is 15.4 Å². The van der Waals surface area contributed by atoms with E-state index in [-0.39, 0.29) is 24.4 Å². The van der Waals surface area contributed by atoms with Crippen LogP contribution in [0.2, 0.25) is 0 Å². The van der Waals surface area contributed by atoms with E-state index in [1.165, 1.54) is 0 Å². The van der Waals surface area contributed by atoms with Crippen molar-refractivity contribution in [1.29, 1.82) is 0 Å². The number of nitrogens with zero attached hydrogens (tertiary/aromatic N) is 2. The van der Waals surface area contributed by atoms with Crippen molar-refractivity contribution in [3.05, 3.63) is 58.9 Å². The van der Waals surface area contributed by atoms with E-state index in [4.69, 9.17) is 0 Å². The fourth-order valence-corrected chi connectivity index (χ4v) is 2.22. The van der Waals surface area contributed by atoms with E-state index in [0.29, 0.717) is 16.6 Å². The molecule has 1 amide bonds. The van der Waals surface area contributed by atoms with Crippen LogP contribution >= 0.6 is 0 Å². The fourth-order valence-electron chi connectivity index (χ4n) is 2.22. The summed E-state index contributed by atoms with van der Waals surface area (Å²) in [6.07, 6.45) is 0.161. The number of amides is 1. The summed E-state index contributed by atoms with van der Waals surface area (Å²) in [5.41, 5.74) is 1.58. The SMILES string of the molecule is O=C(NCCc1cc(F)c(F)c(F)c1)c1cccc2n[nH]nc12. The number of halogens is 3. The van der Waals surface area contributed by atoms with Crippen molar-refractivity contribution in [2.45, 2.75) is 6.42 Å². The summed E-state index contributed by atoms with van der Waals surface area (Å²) >= 11 is 0. The molecule has 2 N–H and O–H groups in total. The number of benzene rings is 2. The second-order valence-electron chi connectivity index (χ2n) is 4.88. The lowest BCUT2D eigenvalue weighted by molar-refractivity contribution is 0.0955. The van der Waals surface area contributed by atoms with Crippen LogP contribution < -0.4 is 5.32 Å². The fraction of sp³-hybridized carbons (Fsp3) is 0.133. The molecule has 8 heteroatoms. The van der Waals surface area contributed by atoms with Gasteiger partial charge in [0.25, 0.3) is 5.91 Å². The highest BCUT2D eigenvalue weighted by molar-refractivity contribution is 6.04. The molecule has 118 valence electrons. The summed E-state index contributed by atoms with van der Waals surface area (Å²) in [6, 6.07) is 6.79. The average Bonchev–Trinajstić information content (AvgIpc) is 3.00. The third-order valence-electron chi connectivity index (χ3n) is 3.33. The predicted octanol–water partition coefficient (Wildman–Crippen LogP) is 2.35. The van der Waals surface area contributed by atoms with Crippen molar-refractivity contribution >= 4 is 16.9 Å². The second kappa shape index (κ2) is 6.07. The van der Waals surface area contributed by atoms with Gasteiger partial charge in [0.2, 0.25) is 0 Å². The number of hydrogen-bond donors (Lipinski definition) is 2. The third kappa shape index (κ3) is 3.01. The van der Waals surface area contributed by atoms with Crippen LogP contribution in [-0.4, -0.2) is 27.9 Å². The molecule has 0 unspecified atom stereocenters. The van der Waals surface area contributed by atoms with E-state index >= 15 is 0 Å². The highest BCUT2D eigenvalue weighted by Gasteiger charge is 2.13. The predicted molar refractivity (Wildman–Crippen MR) is 76.2 cm³/mol. The zero-order valence-corrected chi connectivity index (χ0v) is 11.7. The van der Waals surface area contributed by atoms with Crippen LogP contribution in [0, 0.1) is 17.5 Å². The molecule has 3 aromatic rings. The van der Waals surface area contributed by atoms with Gasteiger partial charge < -0.3 is 5.32 Å². The molecule has 23 heavy (non-hydrogen) atoms. The maximum absolute atomic E-state index is 13.1. The summed E-state index contributed by atoms with van der Waals surface area (Å²) in [4.78, 5) is 12.1. The minimum absolute atomic E-state index is 0.136. The van der Waals surface area contributed by atoms with Gasteiger partial charge in [0, 0.05) is 6.54 Å². The monoisotopic (exact) mass is 320 g/mol. The smallest absolute Gasteiger partial charge is 0.253 e. The zero-order chi connectivity index (χ0) is 16.4. The van der Waals surface area contributed by atoms with E-state index in [0.717, 1.165) is 12.1 Å². The molecule has 0 saturated carbocycles. The van der Waals surface area contributed by atoms with Gasteiger partial charge in [-0.05, 0) is 36.2 Å². The van der Waals surface area contributed by atoms with Gasteiger partial charge in [-0.3, -0.25) is 4.79 Å². The van der Waals surface area contributed by atoms with E-state index in [1.807, 2.05) is 0 Å². The molecule has 0 spiro atoms. The quantitative estimate of drug-likeness (QED) is 0.725. The Hall–Kier alpha value is -2.90. The zero-order valence-electron chi connectivity index (χ0n) is 11.7. The molecule has 1 aromatic heterocycles. The number of nitrogens with one attached hydrogen (secondary N) is 2. The molecule has 0 saturated heterocycles. The number of rotatable bonds is 4. The molecule has 0 bridgehead atoms. The van der Waals surface area contributed by atoms with Crippen LogP contribution in [0.4, 0.5) is 13.2 Å². The Morgan fingerprint density at radius 3 is 2.61 bits per heavy atom. The van der Waals surface area contributed by atoms with E-state index in [2.05, 4.69) is 20.7 Å². The van der Waals surface area contributed by atoms with Crippen molar-refractivity contribution in [1.82, 2.24) is 20.7 Å². The van der Waals surface area contributed by atoms with Gasteiger partial charge in [-0.25, -0.2) is 13.2 Å². The summed E-state index contributed by atoms with van der Waals surface area (Å²) in [5.74, 6) is -4.39. The Labute approximate surface area is 128 Å². The number of para-hydroxylation sites is 1. The summed E-state index contributed by atoms with van der Waals surface area (Å²) in [7, 11) is 0. The summed E-state index contributed by atoms with van der Waals surface area (Å²) < 4.78 is 39.1. The first kappa shape index (κ1) is 15.0. The molecule has 0 radical (unpaired) electrons. The Morgan fingerprint density at radius 2 is 1.87 bits per heavy atom. The number of carbonyl (C=O) groups is 1. The van der Waals surface area contributed by atoms with Gasteiger partial charge in [-0.1, -0.05) is 6.07 Å². The van der Waals surface area contributed by atoms with Gasteiger partial charge in [0.1, 0.15) is 11.0 Å². The molecule has 0 aliphatic rings. The Bertz CT molecular complexity index is 855. The van der Waals surface area contributed by atoms with Gasteiger partial charge in [-0.15, -0.1) is 0 Å². The third-order valence-corrected chi connectivity index (χ3v) is 3.33. The van der Waals surface area contributed by atoms with Crippen LogP contribution in [0.3, 0.4) is 0 Å². The Balaban J connectivity index is 1.67. The first-order valence-electron chi connectivity index (χ1n) is 6.77. The van der Waals surface area contributed by atoms with E-state index in [1.54, 1.807) is 18.2 Å². The van der Waals surface area contributed by atoms with E-state index in [9.17, 15) is 18.0 Å². The van der Waals surface area contributed by atoms with Crippen molar-refractivity contribution in [2.75, 3.05) is 6.54 Å². The lowest BCUT2D eigenvalue weighted by Gasteiger charge is -2.06. The van der Waals surface area contributed by atoms with Crippen LogP contribution in [0.1, 0.15) is 15.9 Å². The molecule has 2 aromatic carbocycles. The standard InChI is InChI=1S/C15H11F3N4O/c16-10-6-8(7-11(17)13(10)18)4-5-19-15(23)9-2-1-3-12-14(9)21-22-20-12/h1-3,6-7H,4-5H2,(H,19,23)(H,20,21,22). The molecule has 3 rings (SSSR count). The summed E-state index contributed by atoms with van der Waals surface area (Å²) in [5, 5.41) is 12.8. The number of carbonyl (C=O) groups excluding carboxylic acids is 1. The second-order valence-corrected chi connectivity index (χ2v) is 4.88. The lowest BCUT2D eigenvalue weighted by Crippen LogP contribution is -2.26. The van der Waals surface area contributed by atoms with Gasteiger partial charge in [0.15, 0.2) is 17.5 Å². The molecule has 0 aliphatic carbocycles. The maximum Gasteiger partial charge on any atom is 0.253 e. The van der Waals surface area contributed by atoms with Crippen molar-refractivity contribution in [2.24, 2.45) is 0 Å². The highest BCUT2D eigenvalue weighted by Crippen LogP contribution is 2.15. The molecule has 0 atom stereocenters. The number of fused-ring (bicyclic) bond motifs is 1. The van der Waals surface area contributed by atoms with Crippen LogP contribution in [0.5, 0.6) is 0 Å². The molecule has 5 nitrogen and oxygen atoms in total. The molecular formula is C15H11F3N4O. The minimum atomic E-state index is -1.50. The average molecular weight is 320 g/mol. The number of aromatic nitrogens is 3. The highest BCUT2D eigenvalue weighted by atomic mass is 19.2. The Morgan fingerprint density at radius 1 is 1.13 bits per heavy atom. The number of H-pyrrole nitrogens is 1. The normalized spacial score (nSPS) is 10.9. The minimum Gasteiger partial charge on any atom is -0.352 e. The van der Waals surface area contributed by atoms with Crippen molar-refractivity contribution in [3.63, 3.8) is 0 Å². The first-order chi connectivity index (χ1) is 11.1. The molecule has 0 fully saturated rings. The van der Waals surface area contributed by atoms with E-state index < -0.39 is 17.5 Å². The van der Waals surface area contributed by atoms with Crippen LogP contribution in [0.25, 0.3) is 11.0 Å². The molecular weight excluding hydrogens is 309 g/mol. The first-order valence-corrected chi connectivity index (χ1v) is 6.77. The van der Waals surface area contributed by atoms with Crippen molar-refractivity contribution in [3.8, 4) is 0 Å². The summed E-state index contributed by atoms with van der Waals surface area (Å²) in [6.45, 7) is 0.136. The largest absolute Gasteiger partial charge is 0.352 e. The topological polar surface area (TPSA) is 70.7 Å².